The summed E-state index contributed by atoms with van der Waals surface area (Å²) < 4.78 is 13.7. The summed E-state index contributed by atoms with van der Waals surface area (Å²) in [6, 6.07) is 4.71. The lowest BCUT2D eigenvalue weighted by molar-refractivity contribution is 0.215. The van der Waals surface area contributed by atoms with E-state index in [0.717, 1.165) is 0 Å². The Labute approximate surface area is 78.2 Å². The molecule has 2 nitrogen and oxygen atoms in total. The Balaban J connectivity index is 3.04. The fourth-order valence-electron chi connectivity index (χ4n) is 0.739. The summed E-state index contributed by atoms with van der Waals surface area (Å²) in [6.45, 7) is 0. The highest BCUT2D eigenvalue weighted by atomic mass is 79.9. The third kappa shape index (κ3) is 2.04. The Kier molecular flexibility index (Phi) is 3.22. The van der Waals surface area contributed by atoms with E-state index in [1.165, 1.54) is 19.4 Å². The molecular formula is C8H7BrFNO. The van der Waals surface area contributed by atoms with Crippen LogP contribution < -0.4 is 0 Å². The summed E-state index contributed by atoms with van der Waals surface area (Å²) in [5.74, 6) is -0.329. The third-order valence-corrected chi connectivity index (χ3v) is 1.98. The summed E-state index contributed by atoms with van der Waals surface area (Å²) in [4.78, 5) is 4.44. The lowest BCUT2D eigenvalue weighted by Gasteiger charge is -1.97. The standard InChI is InChI=1S/C8H7BrFNO/c1-12-11-5-6-7(9)3-2-4-8(6)10/h2-5H,1H3/b11-5+. The lowest BCUT2D eigenvalue weighted by Crippen LogP contribution is -1.89. The van der Waals surface area contributed by atoms with Gasteiger partial charge in [0.1, 0.15) is 12.9 Å². The smallest absolute Gasteiger partial charge is 0.133 e. The van der Waals surface area contributed by atoms with Crippen molar-refractivity contribution in [1.29, 1.82) is 0 Å². The van der Waals surface area contributed by atoms with Gasteiger partial charge in [-0.25, -0.2) is 4.39 Å². The first-order valence-corrected chi connectivity index (χ1v) is 4.05. The van der Waals surface area contributed by atoms with E-state index in [1.54, 1.807) is 12.1 Å². The van der Waals surface area contributed by atoms with Crippen molar-refractivity contribution in [3.8, 4) is 0 Å². The molecule has 0 amide bonds. The van der Waals surface area contributed by atoms with Crippen molar-refractivity contribution < 1.29 is 9.23 Å². The molecule has 0 bridgehead atoms. The Morgan fingerprint density at radius 2 is 2.33 bits per heavy atom. The minimum atomic E-state index is -0.329. The molecule has 0 atom stereocenters. The van der Waals surface area contributed by atoms with Crippen LogP contribution in [0.3, 0.4) is 0 Å². The van der Waals surface area contributed by atoms with Gasteiger partial charge in [-0.05, 0) is 12.1 Å². The topological polar surface area (TPSA) is 21.6 Å². The van der Waals surface area contributed by atoms with E-state index in [0.29, 0.717) is 10.0 Å². The molecule has 4 heteroatoms. The van der Waals surface area contributed by atoms with Crippen molar-refractivity contribution in [2.75, 3.05) is 7.11 Å². The molecule has 0 unspecified atom stereocenters. The molecule has 64 valence electrons. The van der Waals surface area contributed by atoms with Gasteiger partial charge in [-0.15, -0.1) is 0 Å². The quantitative estimate of drug-likeness (QED) is 0.567. The van der Waals surface area contributed by atoms with Crippen LogP contribution in [0.2, 0.25) is 0 Å². The first kappa shape index (κ1) is 9.19. The van der Waals surface area contributed by atoms with Crippen LogP contribution in [0.1, 0.15) is 5.56 Å². The average molecular weight is 232 g/mol. The van der Waals surface area contributed by atoms with E-state index in [-0.39, 0.29) is 5.82 Å². The third-order valence-electron chi connectivity index (χ3n) is 1.29. The van der Waals surface area contributed by atoms with E-state index >= 15 is 0 Å². The number of halogens is 2. The maximum Gasteiger partial charge on any atom is 0.133 e. The number of rotatable bonds is 2. The molecule has 1 aromatic carbocycles. The Hall–Kier alpha value is -0.900. The maximum atomic E-state index is 13.0. The second kappa shape index (κ2) is 4.21. The van der Waals surface area contributed by atoms with Gasteiger partial charge in [0.25, 0.3) is 0 Å². The lowest BCUT2D eigenvalue weighted by atomic mass is 10.2. The summed E-state index contributed by atoms with van der Waals surface area (Å²) in [7, 11) is 1.41. The number of benzene rings is 1. The van der Waals surface area contributed by atoms with Crippen molar-refractivity contribution in [1.82, 2.24) is 0 Å². The van der Waals surface area contributed by atoms with Crippen LogP contribution in [0.5, 0.6) is 0 Å². The van der Waals surface area contributed by atoms with Gasteiger partial charge in [0.15, 0.2) is 0 Å². The van der Waals surface area contributed by atoms with Crippen LogP contribution >= 0.6 is 15.9 Å². The Bertz CT molecular complexity index is 281. The molecule has 0 aliphatic carbocycles. The molecule has 1 aromatic rings. The molecule has 0 fully saturated rings. The molecule has 1 rings (SSSR count). The van der Waals surface area contributed by atoms with Crippen LogP contribution in [-0.4, -0.2) is 13.3 Å². The number of nitrogens with zero attached hydrogens (tertiary/aromatic N) is 1. The van der Waals surface area contributed by atoms with E-state index in [2.05, 4.69) is 25.9 Å². The fourth-order valence-corrected chi connectivity index (χ4v) is 1.18. The van der Waals surface area contributed by atoms with Crippen molar-refractivity contribution in [2.45, 2.75) is 0 Å². The average Bonchev–Trinajstić information content (AvgIpc) is 2.04. The van der Waals surface area contributed by atoms with Gasteiger partial charge in [0.05, 0.1) is 6.21 Å². The molecule has 12 heavy (non-hydrogen) atoms. The Morgan fingerprint density at radius 1 is 1.58 bits per heavy atom. The van der Waals surface area contributed by atoms with Crippen molar-refractivity contribution in [2.24, 2.45) is 5.16 Å². The van der Waals surface area contributed by atoms with Gasteiger partial charge in [-0.1, -0.05) is 27.2 Å². The predicted molar refractivity (Wildman–Crippen MR) is 48.7 cm³/mol. The highest BCUT2D eigenvalue weighted by Gasteiger charge is 2.02. The molecule has 0 spiro atoms. The van der Waals surface area contributed by atoms with Gasteiger partial charge in [-0.2, -0.15) is 0 Å². The van der Waals surface area contributed by atoms with Gasteiger partial charge in [0, 0.05) is 10.0 Å². The second-order valence-corrected chi connectivity index (χ2v) is 2.91. The zero-order valence-corrected chi connectivity index (χ0v) is 8.01. The molecular weight excluding hydrogens is 225 g/mol. The first-order chi connectivity index (χ1) is 5.75. The first-order valence-electron chi connectivity index (χ1n) is 3.26. The maximum absolute atomic E-state index is 13.0. The van der Waals surface area contributed by atoms with Crippen molar-refractivity contribution in [3.05, 3.63) is 34.1 Å². The fraction of sp³-hybridized carbons (Fsp3) is 0.125. The van der Waals surface area contributed by atoms with Gasteiger partial charge in [-0.3, -0.25) is 0 Å². The number of hydrogen-bond acceptors (Lipinski definition) is 2. The summed E-state index contributed by atoms with van der Waals surface area (Å²) in [5, 5.41) is 3.47. The molecule has 0 N–H and O–H groups in total. The predicted octanol–water partition coefficient (Wildman–Crippen LogP) is 2.57. The number of oxime groups is 1. The van der Waals surface area contributed by atoms with E-state index in [9.17, 15) is 4.39 Å². The highest BCUT2D eigenvalue weighted by Crippen LogP contribution is 2.17. The monoisotopic (exact) mass is 231 g/mol. The summed E-state index contributed by atoms with van der Waals surface area (Å²) in [5.41, 5.74) is 0.388. The van der Waals surface area contributed by atoms with Crippen molar-refractivity contribution >= 4 is 22.1 Å². The largest absolute Gasteiger partial charge is 0.399 e. The zero-order chi connectivity index (χ0) is 8.97. The minimum Gasteiger partial charge on any atom is -0.399 e. The highest BCUT2D eigenvalue weighted by molar-refractivity contribution is 9.10. The van der Waals surface area contributed by atoms with Crippen LogP contribution in [0, 0.1) is 5.82 Å². The molecule has 0 saturated carbocycles. The van der Waals surface area contributed by atoms with E-state index in [4.69, 9.17) is 0 Å². The van der Waals surface area contributed by atoms with Crippen LogP contribution in [0.15, 0.2) is 27.8 Å². The summed E-state index contributed by atoms with van der Waals surface area (Å²) in [6.07, 6.45) is 1.32. The molecule has 0 saturated heterocycles. The van der Waals surface area contributed by atoms with Crippen LogP contribution in [-0.2, 0) is 4.84 Å². The van der Waals surface area contributed by atoms with E-state index in [1.807, 2.05) is 0 Å². The molecule has 0 aliphatic rings. The van der Waals surface area contributed by atoms with Crippen LogP contribution in [0.25, 0.3) is 0 Å². The van der Waals surface area contributed by atoms with Gasteiger partial charge in [0.2, 0.25) is 0 Å². The number of hydrogen-bond donors (Lipinski definition) is 0. The van der Waals surface area contributed by atoms with Crippen molar-refractivity contribution in [3.63, 3.8) is 0 Å². The van der Waals surface area contributed by atoms with E-state index < -0.39 is 0 Å². The molecule has 0 radical (unpaired) electrons. The molecule has 0 aliphatic heterocycles. The SMILES string of the molecule is CO/N=C/c1c(F)cccc1Br. The molecule has 0 heterocycles. The minimum absolute atomic E-state index is 0.329. The normalized spacial score (nSPS) is 10.6. The summed E-state index contributed by atoms with van der Waals surface area (Å²) >= 11 is 3.19. The van der Waals surface area contributed by atoms with Gasteiger partial charge >= 0.3 is 0 Å². The second-order valence-electron chi connectivity index (χ2n) is 2.05. The zero-order valence-electron chi connectivity index (χ0n) is 6.42. The Morgan fingerprint density at radius 3 is 2.92 bits per heavy atom. The van der Waals surface area contributed by atoms with Gasteiger partial charge < -0.3 is 4.84 Å². The molecule has 0 aromatic heterocycles. The van der Waals surface area contributed by atoms with Crippen LogP contribution in [0.4, 0.5) is 4.39 Å².